The van der Waals surface area contributed by atoms with Crippen molar-refractivity contribution in [2.45, 2.75) is 12.6 Å². The van der Waals surface area contributed by atoms with E-state index >= 15 is 0 Å². The number of halogens is 1. The summed E-state index contributed by atoms with van der Waals surface area (Å²) in [6, 6.07) is 15.4. The zero-order chi connectivity index (χ0) is 23.3. The third kappa shape index (κ3) is 6.14. The number of carbonyl (C=O) groups is 2. The van der Waals surface area contributed by atoms with Gasteiger partial charge < -0.3 is 15.2 Å². The highest BCUT2D eigenvalue weighted by Gasteiger charge is 2.21. The molecular formula is C21H19ClN4O6. The van der Waals surface area contributed by atoms with Gasteiger partial charge in [0.15, 0.2) is 6.10 Å². The molecule has 1 heterocycles. The number of carboxylic acids is 1. The fourth-order valence-corrected chi connectivity index (χ4v) is 3.11. The maximum Gasteiger partial charge on any atom is 0.333 e. The molecule has 0 saturated heterocycles. The van der Waals surface area contributed by atoms with E-state index in [1.54, 1.807) is 18.2 Å². The number of hydrogen-bond donors (Lipinski definition) is 5. The molecule has 0 radical (unpaired) electrons. The highest BCUT2D eigenvalue weighted by molar-refractivity contribution is 6.30. The van der Waals surface area contributed by atoms with Crippen molar-refractivity contribution in [1.29, 1.82) is 0 Å². The van der Waals surface area contributed by atoms with Gasteiger partial charge in [0.05, 0.1) is 6.54 Å². The Morgan fingerprint density at radius 3 is 2.38 bits per heavy atom. The van der Waals surface area contributed by atoms with Gasteiger partial charge in [0.1, 0.15) is 5.69 Å². The molecule has 3 rings (SSSR count). The van der Waals surface area contributed by atoms with Crippen LogP contribution in [0.4, 0.5) is 0 Å². The Kier molecular flexibility index (Phi) is 7.21. The van der Waals surface area contributed by atoms with Crippen LogP contribution in [0.3, 0.4) is 0 Å². The first-order valence-corrected chi connectivity index (χ1v) is 9.74. The number of aliphatic carboxylic acids is 1. The van der Waals surface area contributed by atoms with Crippen molar-refractivity contribution in [1.82, 2.24) is 20.4 Å². The van der Waals surface area contributed by atoms with Crippen LogP contribution in [-0.4, -0.2) is 49.7 Å². The SMILES string of the molecule is O=C(NN(Cc1ccc(-c2cccc(Cl)c2)cc1)C[C@@H](O)C(=O)O)c1cc(=O)[nH]c(=O)[nH]1. The molecule has 1 atom stereocenters. The molecular weight excluding hydrogens is 440 g/mol. The van der Waals surface area contributed by atoms with Crippen molar-refractivity contribution in [2.75, 3.05) is 6.54 Å². The van der Waals surface area contributed by atoms with Crippen LogP contribution < -0.4 is 16.7 Å². The number of aliphatic hydroxyl groups is 1. The van der Waals surface area contributed by atoms with Gasteiger partial charge in [0.25, 0.3) is 11.5 Å². The number of benzene rings is 2. The average Bonchev–Trinajstić information content (AvgIpc) is 2.73. The molecule has 0 spiro atoms. The van der Waals surface area contributed by atoms with Gasteiger partial charge in [0, 0.05) is 17.6 Å². The molecule has 0 unspecified atom stereocenters. The summed E-state index contributed by atoms with van der Waals surface area (Å²) in [5.41, 5.74) is 2.97. The molecule has 0 fully saturated rings. The monoisotopic (exact) mass is 458 g/mol. The Morgan fingerprint density at radius 1 is 1.03 bits per heavy atom. The first kappa shape index (κ1) is 22.9. The smallest absolute Gasteiger partial charge is 0.333 e. The van der Waals surface area contributed by atoms with Gasteiger partial charge in [-0.2, -0.15) is 0 Å². The highest BCUT2D eigenvalue weighted by Crippen LogP contribution is 2.23. The molecule has 3 aromatic rings. The normalized spacial score (nSPS) is 11.8. The zero-order valence-corrected chi connectivity index (χ0v) is 17.3. The molecule has 0 aliphatic carbocycles. The number of nitrogens with zero attached hydrogens (tertiary/aromatic N) is 1. The molecule has 0 aliphatic heterocycles. The molecule has 5 N–H and O–H groups in total. The first-order valence-electron chi connectivity index (χ1n) is 9.36. The lowest BCUT2D eigenvalue weighted by Gasteiger charge is -2.24. The van der Waals surface area contributed by atoms with Crippen molar-refractivity contribution < 1.29 is 19.8 Å². The molecule has 11 heteroatoms. The van der Waals surface area contributed by atoms with Crippen LogP contribution in [0.2, 0.25) is 5.02 Å². The molecule has 2 aromatic carbocycles. The Bertz CT molecular complexity index is 1210. The lowest BCUT2D eigenvalue weighted by Crippen LogP contribution is -2.48. The summed E-state index contributed by atoms with van der Waals surface area (Å²) < 4.78 is 0. The standard InChI is InChI=1S/C21H19ClN4O6/c22-15-3-1-2-14(8-15)13-6-4-12(5-7-13)10-26(11-17(27)20(30)31)25-19(29)16-9-18(28)24-21(32)23-16/h1-9,17,27H,10-11H2,(H,25,29)(H,30,31)(H2,23,24,28,32)/t17-/m1/s1. The molecule has 0 aliphatic rings. The summed E-state index contributed by atoms with van der Waals surface area (Å²) in [4.78, 5) is 50.5. The molecule has 166 valence electrons. The van der Waals surface area contributed by atoms with E-state index in [0.717, 1.165) is 17.2 Å². The number of H-pyrrole nitrogens is 2. The minimum absolute atomic E-state index is 0.0410. The molecule has 1 amide bonds. The maximum absolute atomic E-state index is 12.5. The quantitative estimate of drug-likeness (QED) is 0.315. The third-order valence-electron chi connectivity index (χ3n) is 4.43. The average molecular weight is 459 g/mol. The van der Waals surface area contributed by atoms with Crippen molar-refractivity contribution in [2.24, 2.45) is 0 Å². The maximum atomic E-state index is 12.5. The zero-order valence-electron chi connectivity index (χ0n) is 16.5. The van der Waals surface area contributed by atoms with E-state index in [1.165, 1.54) is 5.01 Å². The van der Waals surface area contributed by atoms with E-state index in [1.807, 2.05) is 35.3 Å². The fourth-order valence-electron chi connectivity index (χ4n) is 2.92. The largest absolute Gasteiger partial charge is 0.479 e. The third-order valence-corrected chi connectivity index (χ3v) is 4.66. The number of aromatic nitrogens is 2. The van der Waals surface area contributed by atoms with Crippen molar-refractivity contribution >= 4 is 23.5 Å². The topological polar surface area (TPSA) is 156 Å². The predicted octanol–water partition coefficient (Wildman–Crippen LogP) is 0.976. The van der Waals surface area contributed by atoms with Crippen molar-refractivity contribution in [3.05, 3.63) is 91.7 Å². The minimum atomic E-state index is -1.78. The van der Waals surface area contributed by atoms with E-state index in [2.05, 4.69) is 10.4 Å². The number of hydrogen-bond acceptors (Lipinski definition) is 6. The Balaban J connectivity index is 1.79. The summed E-state index contributed by atoms with van der Waals surface area (Å²) in [5.74, 6) is -2.31. The van der Waals surface area contributed by atoms with E-state index in [9.17, 15) is 24.3 Å². The van der Waals surface area contributed by atoms with Gasteiger partial charge >= 0.3 is 11.7 Å². The number of carboxylic acid groups (broad SMARTS) is 1. The van der Waals surface area contributed by atoms with E-state index in [0.29, 0.717) is 10.6 Å². The van der Waals surface area contributed by atoms with Gasteiger partial charge in [-0.3, -0.25) is 20.0 Å². The number of hydrazine groups is 1. The van der Waals surface area contributed by atoms with Gasteiger partial charge in [-0.25, -0.2) is 14.6 Å². The lowest BCUT2D eigenvalue weighted by molar-refractivity contribution is -0.148. The molecule has 32 heavy (non-hydrogen) atoms. The first-order chi connectivity index (χ1) is 15.2. The molecule has 1 aromatic heterocycles. The molecule has 0 saturated carbocycles. The van der Waals surface area contributed by atoms with Gasteiger partial charge in [-0.05, 0) is 28.8 Å². The fraction of sp³-hybridized carbons (Fsp3) is 0.143. The Labute approximate surface area is 186 Å². The second kappa shape index (κ2) is 10.1. The number of nitrogens with one attached hydrogen (secondary N) is 3. The molecule has 0 bridgehead atoms. The second-order valence-electron chi connectivity index (χ2n) is 6.88. The van der Waals surface area contributed by atoms with E-state index in [-0.39, 0.29) is 12.2 Å². The summed E-state index contributed by atoms with van der Waals surface area (Å²) in [6.45, 7) is -0.399. The van der Waals surface area contributed by atoms with Crippen LogP contribution >= 0.6 is 11.6 Å². The van der Waals surface area contributed by atoms with Crippen molar-refractivity contribution in [3.63, 3.8) is 0 Å². The molecule has 10 nitrogen and oxygen atoms in total. The van der Waals surface area contributed by atoms with E-state index in [4.69, 9.17) is 16.7 Å². The van der Waals surface area contributed by atoms with Crippen LogP contribution in [0.5, 0.6) is 0 Å². The summed E-state index contributed by atoms with van der Waals surface area (Å²) >= 11 is 6.03. The highest BCUT2D eigenvalue weighted by atomic mass is 35.5. The van der Waals surface area contributed by atoms with Crippen LogP contribution in [-0.2, 0) is 11.3 Å². The number of aromatic amines is 2. The van der Waals surface area contributed by atoms with Gasteiger partial charge in [-0.1, -0.05) is 48.0 Å². The summed E-state index contributed by atoms with van der Waals surface area (Å²) in [7, 11) is 0. The number of carbonyl (C=O) groups excluding carboxylic acids is 1. The van der Waals surface area contributed by atoms with Gasteiger partial charge in [0.2, 0.25) is 0 Å². The van der Waals surface area contributed by atoms with Crippen molar-refractivity contribution in [3.8, 4) is 11.1 Å². The Hall–Kier alpha value is -3.73. The Morgan fingerprint density at radius 2 is 1.75 bits per heavy atom. The summed E-state index contributed by atoms with van der Waals surface area (Å²) in [5, 5.41) is 20.5. The summed E-state index contributed by atoms with van der Waals surface area (Å²) in [6.07, 6.45) is -1.78. The number of rotatable bonds is 8. The number of aliphatic hydroxyl groups excluding tert-OH is 1. The second-order valence-corrected chi connectivity index (χ2v) is 7.32. The van der Waals surface area contributed by atoms with Crippen LogP contribution in [0, 0.1) is 0 Å². The van der Waals surface area contributed by atoms with Gasteiger partial charge in [-0.15, -0.1) is 0 Å². The number of amides is 1. The lowest BCUT2D eigenvalue weighted by atomic mass is 10.0. The predicted molar refractivity (Wildman–Crippen MR) is 116 cm³/mol. The van der Waals surface area contributed by atoms with E-state index < -0.39 is 35.8 Å². The van der Waals surface area contributed by atoms with Crippen LogP contribution in [0.1, 0.15) is 16.1 Å². The minimum Gasteiger partial charge on any atom is -0.479 e. The van der Waals surface area contributed by atoms with Crippen LogP contribution in [0.25, 0.3) is 11.1 Å². The van der Waals surface area contributed by atoms with Crippen LogP contribution in [0.15, 0.2) is 64.2 Å².